The molecule has 0 amide bonds. The third kappa shape index (κ3) is 1.43. The van der Waals surface area contributed by atoms with Crippen LogP contribution in [0.25, 0.3) is 0 Å². The average Bonchev–Trinajstić information content (AvgIpc) is 2.17. The van der Waals surface area contributed by atoms with E-state index in [-0.39, 0.29) is 0 Å². The fourth-order valence-corrected chi connectivity index (χ4v) is 0.646. The number of hydrogen-bond donors (Lipinski definition) is 2. The molecule has 0 saturated heterocycles. The molecule has 0 atom stereocenters. The number of aliphatic hydroxyl groups is 1. The first-order valence-electron chi connectivity index (χ1n) is 2.80. The minimum atomic E-state index is -0.552. The molecule has 0 aromatic rings. The maximum atomic E-state index is 9.15. The third-order valence-corrected chi connectivity index (χ3v) is 1.16. The van der Waals surface area contributed by atoms with Crippen LogP contribution in [0.15, 0.2) is 0 Å². The molecule has 1 rings (SSSR count). The second-order valence-electron chi connectivity index (χ2n) is 2.54. The Morgan fingerprint density at radius 3 is 2.12 bits per heavy atom. The van der Waals surface area contributed by atoms with Gasteiger partial charge in [0.25, 0.3) is 0 Å². The van der Waals surface area contributed by atoms with E-state index in [1.165, 1.54) is 0 Å². The summed E-state index contributed by atoms with van der Waals surface area (Å²) in [7, 11) is 3.74. The van der Waals surface area contributed by atoms with Crippen molar-refractivity contribution in [3.8, 4) is 0 Å². The van der Waals surface area contributed by atoms with Gasteiger partial charge in [-0.15, -0.1) is 0 Å². The van der Waals surface area contributed by atoms with Crippen LogP contribution in [0.1, 0.15) is 12.8 Å². The van der Waals surface area contributed by atoms with Crippen LogP contribution < -0.4 is 5.43 Å². The van der Waals surface area contributed by atoms with Crippen molar-refractivity contribution < 1.29 is 5.11 Å². The van der Waals surface area contributed by atoms with E-state index < -0.39 is 5.72 Å². The lowest BCUT2D eigenvalue weighted by Gasteiger charge is -2.16. The summed E-state index contributed by atoms with van der Waals surface area (Å²) in [6.07, 6.45) is 1.76. The van der Waals surface area contributed by atoms with Crippen LogP contribution in [0.4, 0.5) is 0 Å². The van der Waals surface area contributed by atoms with E-state index in [2.05, 4.69) is 5.43 Å². The molecule has 0 aromatic carbocycles. The van der Waals surface area contributed by atoms with E-state index in [4.69, 9.17) is 5.11 Å². The Morgan fingerprint density at radius 1 is 1.50 bits per heavy atom. The Balaban J connectivity index is 2.19. The van der Waals surface area contributed by atoms with Crippen LogP contribution in [-0.4, -0.2) is 29.9 Å². The van der Waals surface area contributed by atoms with Crippen molar-refractivity contribution in [3.63, 3.8) is 0 Å². The highest BCUT2D eigenvalue weighted by Crippen LogP contribution is 2.31. The largest absolute Gasteiger partial charge is 0.375 e. The highest BCUT2D eigenvalue weighted by Gasteiger charge is 2.40. The van der Waals surface area contributed by atoms with Gasteiger partial charge in [0.1, 0.15) is 5.72 Å². The van der Waals surface area contributed by atoms with E-state index in [0.717, 1.165) is 12.8 Å². The molecule has 0 aliphatic heterocycles. The maximum absolute atomic E-state index is 9.15. The summed E-state index contributed by atoms with van der Waals surface area (Å²) in [6.45, 7) is 0. The fourth-order valence-electron chi connectivity index (χ4n) is 0.646. The topological polar surface area (TPSA) is 35.5 Å². The Kier molecular flexibility index (Phi) is 1.27. The van der Waals surface area contributed by atoms with E-state index in [1.54, 1.807) is 5.01 Å². The summed E-state index contributed by atoms with van der Waals surface area (Å²) in [6, 6.07) is 0. The van der Waals surface area contributed by atoms with Gasteiger partial charge in [0.15, 0.2) is 0 Å². The molecule has 1 fully saturated rings. The van der Waals surface area contributed by atoms with Crippen molar-refractivity contribution in [1.82, 2.24) is 10.4 Å². The van der Waals surface area contributed by atoms with Crippen molar-refractivity contribution in [2.24, 2.45) is 0 Å². The first-order valence-corrected chi connectivity index (χ1v) is 2.80. The summed E-state index contributed by atoms with van der Waals surface area (Å²) in [5.41, 5.74) is 2.33. The van der Waals surface area contributed by atoms with Crippen LogP contribution in [0.3, 0.4) is 0 Å². The minimum Gasteiger partial charge on any atom is -0.375 e. The first-order chi connectivity index (χ1) is 3.62. The summed E-state index contributed by atoms with van der Waals surface area (Å²) < 4.78 is 0. The van der Waals surface area contributed by atoms with Gasteiger partial charge in [0.05, 0.1) is 0 Å². The van der Waals surface area contributed by atoms with Crippen molar-refractivity contribution in [2.75, 3.05) is 14.1 Å². The predicted molar refractivity (Wildman–Crippen MR) is 31.0 cm³/mol. The van der Waals surface area contributed by atoms with Crippen molar-refractivity contribution in [2.45, 2.75) is 18.6 Å². The molecule has 1 aliphatic carbocycles. The molecule has 2 N–H and O–H groups in total. The molecular formula is C5H12N2O. The lowest BCUT2D eigenvalue weighted by atomic mass is 10.6. The molecule has 0 aromatic heterocycles. The summed E-state index contributed by atoms with van der Waals surface area (Å²) in [5, 5.41) is 10.9. The standard InChI is InChI=1S/C5H12N2O/c1-7(2)6-5(8)3-4-5/h6,8H,3-4H2,1-2H3. The van der Waals surface area contributed by atoms with Gasteiger partial charge in [-0.3, -0.25) is 0 Å². The van der Waals surface area contributed by atoms with Gasteiger partial charge in [0, 0.05) is 14.1 Å². The van der Waals surface area contributed by atoms with Crippen LogP contribution in [-0.2, 0) is 0 Å². The Hall–Kier alpha value is -0.120. The van der Waals surface area contributed by atoms with Gasteiger partial charge in [-0.2, -0.15) is 0 Å². The number of hydrogen-bond acceptors (Lipinski definition) is 3. The zero-order valence-electron chi connectivity index (χ0n) is 5.31. The monoisotopic (exact) mass is 116 g/mol. The summed E-state index contributed by atoms with van der Waals surface area (Å²) in [4.78, 5) is 0. The molecular weight excluding hydrogens is 104 g/mol. The van der Waals surface area contributed by atoms with Crippen molar-refractivity contribution in [1.29, 1.82) is 0 Å². The Bertz CT molecular complexity index is 88.4. The SMILES string of the molecule is CN(C)NC1(O)CC1. The second-order valence-corrected chi connectivity index (χ2v) is 2.54. The van der Waals surface area contributed by atoms with Crippen molar-refractivity contribution >= 4 is 0 Å². The molecule has 3 heteroatoms. The van der Waals surface area contributed by atoms with E-state index in [1.807, 2.05) is 14.1 Å². The number of nitrogens with one attached hydrogen (secondary N) is 1. The number of nitrogens with zero attached hydrogens (tertiary/aromatic N) is 1. The van der Waals surface area contributed by atoms with Gasteiger partial charge in [0.2, 0.25) is 0 Å². The summed E-state index contributed by atoms with van der Waals surface area (Å²) >= 11 is 0. The van der Waals surface area contributed by atoms with Crippen molar-refractivity contribution in [3.05, 3.63) is 0 Å². The molecule has 0 unspecified atom stereocenters. The van der Waals surface area contributed by atoms with Crippen LogP contribution >= 0.6 is 0 Å². The van der Waals surface area contributed by atoms with Gasteiger partial charge < -0.3 is 5.11 Å². The average molecular weight is 116 g/mol. The van der Waals surface area contributed by atoms with Crippen LogP contribution in [0.5, 0.6) is 0 Å². The Labute approximate surface area is 49.3 Å². The quantitative estimate of drug-likeness (QED) is 0.378. The molecule has 0 spiro atoms. The highest BCUT2D eigenvalue weighted by molar-refractivity contribution is 4.88. The molecule has 0 radical (unpaired) electrons. The molecule has 1 aliphatic rings. The first kappa shape index (κ1) is 6.01. The second kappa shape index (κ2) is 1.69. The fraction of sp³-hybridized carbons (Fsp3) is 1.00. The van der Waals surface area contributed by atoms with Gasteiger partial charge in [-0.05, 0) is 12.8 Å². The van der Waals surface area contributed by atoms with E-state index in [9.17, 15) is 0 Å². The predicted octanol–water partition coefficient (Wildman–Crippen LogP) is -0.465. The summed E-state index contributed by atoms with van der Waals surface area (Å²) in [5.74, 6) is 0. The number of hydrazine groups is 1. The van der Waals surface area contributed by atoms with Gasteiger partial charge in [-0.1, -0.05) is 0 Å². The highest BCUT2D eigenvalue weighted by atomic mass is 16.3. The number of rotatable bonds is 2. The maximum Gasteiger partial charge on any atom is 0.128 e. The van der Waals surface area contributed by atoms with Gasteiger partial charge >= 0.3 is 0 Å². The van der Waals surface area contributed by atoms with Crippen LogP contribution in [0.2, 0.25) is 0 Å². The molecule has 0 bridgehead atoms. The normalized spacial score (nSPS) is 24.0. The molecule has 1 saturated carbocycles. The smallest absolute Gasteiger partial charge is 0.128 e. The Morgan fingerprint density at radius 2 is 2.00 bits per heavy atom. The lowest BCUT2D eigenvalue weighted by Crippen LogP contribution is -2.41. The van der Waals surface area contributed by atoms with Gasteiger partial charge in [-0.25, -0.2) is 10.4 Å². The zero-order chi connectivity index (χ0) is 6.20. The van der Waals surface area contributed by atoms with E-state index in [0.29, 0.717) is 0 Å². The van der Waals surface area contributed by atoms with E-state index >= 15 is 0 Å². The minimum absolute atomic E-state index is 0.552. The molecule has 0 heterocycles. The third-order valence-electron chi connectivity index (χ3n) is 1.16. The zero-order valence-corrected chi connectivity index (χ0v) is 5.31. The van der Waals surface area contributed by atoms with Crippen LogP contribution in [0, 0.1) is 0 Å². The molecule has 3 nitrogen and oxygen atoms in total. The molecule has 48 valence electrons. The molecule has 8 heavy (non-hydrogen) atoms. The lowest BCUT2D eigenvalue weighted by molar-refractivity contribution is 0.0408.